The summed E-state index contributed by atoms with van der Waals surface area (Å²) in [6, 6.07) is 20.5. The Morgan fingerprint density at radius 2 is 1.65 bits per heavy atom. The highest BCUT2D eigenvalue weighted by Gasteiger charge is 2.58. The van der Waals surface area contributed by atoms with Crippen molar-refractivity contribution in [3.63, 3.8) is 0 Å². The number of anilines is 1. The predicted molar refractivity (Wildman–Crippen MR) is 151 cm³/mol. The minimum Gasteiger partial charge on any atom is -0.496 e. The van der Waals surface area contributed by atoms with E-state index in [4.69, 9.17) is 9.47 Å². The number of carbonyl (C=O) groups is 2. The number of aromatic nitrogens is 1. The molecule has 2 heterocycles. The standard InChI is InChI=1S/C30H26F3N3O6S/c1-41-25-14-15-26(20-10-4-3-9-19(20)25)43(39,40)36-18-29(28(38)42-2,21-11-5-6-13-24(21)36)22(23-12-7-8-16-34-23)17-35-27(37)30(31,32)33/h3-16,22H,17-18H2,1-2H3,(H,35,37). The molecule has 2 atom stereocenters. The average Bonchev–Trinajstić information content (AvgIpc) is 3.37. The monoisotopic (exact) mass is 613 g/mol. The minimum absolute atomic E-state index is 0.0703. The van der Waals surface area contributed by atoms with Gasteiger partial charge in [0.05, 0.1) is 31.3 Å². The first-order valence-corrected chi connectivity index (χ1v) is 14.4. The quantitative estimate of drug-likeness (QED) is 0.295. The molecule has 0 saturated heterocycles. The summed E-state index contributed by atoms with van der Waals surface area (Å²) in [4.78, 5) is 29.9. The first kappa shape index (κ1) is 29.8. The highest BCUT2D eigenvalue weighted by Crippen LogP contribution is 2.51. The van der Waals surface area contributed by atoms with Crippen LogP contribution in [-0.2, 0) is 29.8 Å². The summed E-state index contributed by atoms with van der Waals surface area (Å²) >= 11 is 0. The van der Waals surface area contributed by atoms with Gasteiger partial charge < -0.3 is 14.8 Å². The van der Waals surface area contributed by atoms with Crippen molar-refractivity contribution >= 4 is 38.4 Å². The number of benzene rings is 3. The predicted octanol–water partition coefficient (Wildman–Crippen LogP) is 4.33. The molecule has 1 N–H and O–H groups in total. The molecule has 224 valence electrons. The van der Waals surface area contributed by atoms with Crippen LogP contribution in [0.4, 0.5) is 18.9 Å². The van der Waals surface area contributed by atoms with Crippen LogP contribution in [0.1, 0.15) is 17.2 Å². The number of pyridine rings is 1. The molecule has 1 aromatic heterocycles. The summed E-state index contributed by atoms with van der Waals surface area (Å²) in [5, 5.41) is 2.77. The van der Waals surface area contributed by atoms with Gasteiger partial charge >= 0.3 is 18.1 Å². The molecule has 0 spiro atoms. The molecule has 0 radical (unpaired) electrons. The maximum atomic E-state index is 14.5. The van der Waals surface area contributed by atoms with Crippen LogP contribution >= 0.6 is 0 Å². The molecule has 0 saturated carbocycles. The van der Waals surface area contributed by atoms with Gasteiger partial charge in [0.15, 0.2) is 0 Å². The van der Waals surface area contributed by atoms with Crippen LogP contribution in [0.3, 0.4) is 0 Å². The van der Waals surface area contributed by atoms with Gasteiger partial charge in [-0.3, -0.25) is 18.9 Å². The topological polar surface area (TPSA) is 115 Å². The Hall–Kier alpha value is -4.65. The van der Waals surface area contributed by atoms with Crippen molar-refractivity contribution in [3.05, 3.63) is 96.3 Å². The Bertz CT molecular complexity index is 1800. The summed E-state index contributed by atoms with van der Waals surface area (Å²) in [6.45, 7) is -1.23. The van der Waals surface area contributed by atoms with E-state index in [-0.39, 0.29) is 21.8 Å². The molecule has 9 nitrogen and oxygen atoms in total. The average molecular weight is 614 g/mol. The summed E-state index contributed by atoms with van der Waals surface area (Å²) < 4.78 is 80.2. The highest BCUT2D eigenvalue weighted by atomic mass is 32.2. The van der Waals surface area contributed by atoms with Crippen LogP contribution in [0, 0.1) is 0 Å². The van der Waals surface area contributed by atoms with Gasteiger partial charge in [0, 0.05) is 35.1 Å². The largest absolute Gasteiger partial charge is 0.496 e. The van der Waals surface area contributed by atoms with Gasteiger partial charge in [0.2, 0.25) is 0 Å². The number of fused-ring (bicyclic) bond motifs is 2. The number of methoxy groups -OCH3 is 2. The Labute approximate surface area is 245 Å². The fourth-order valence-electron chi connectivity index (χ4n) is 5.65. The minimum atomic E-state index is -5.19. The summed E-state index contributed by atoms with van der Waals surface area (Å²) in [5.41, 5.74) is -1.41. The van der Waals surface area contributed by atoms with Crippen molar-refractivity contribution in [2.45, 2.75) is 22.4 Å². The molecule has 13 heteroatoms. The van der Waals surface area contributed by atoms with Gasteiger partial charge in [-0.2, -0.15) is 13.2 Å². The second-order valence-corrected chi connectivity index (χ2v) is 11.6. The summed E-state index contributed by atoms with van der Waals surface area (Å²) in [6.07, 6.45) is -3.80. The van der Waals surface area contributed by atoms with Crippen molar-refractivity contribution in [2.24, 2.45) is 0 Å². The molecular weight excluding hydrogens is 587 g/mol. The number of para-hydroxylation sites is 1. The molecule has 2 unspecified atom stereocenters. The molecule has 1 aliphatic rings. The fraction of sp³-hybridized carbons (Fsp3) is 0.233. The third-order valence-electron chi connectivity index (χ3n) is 7.59. The molecule has 1 aliphatic heterocycles. The van der Waals surface area contributed by atoms with Crippen molar-refractivity contribution in [1.29, 1.82) is 0 Å². The second-order valence-electron chi connectivity index (χ2n) is 9.82. The number of nitrogens with one attached hydrogen (secondary N) is 1. The van der Waals surface area contributed by atoms with Gasteiger partial charge in [0.1, 0.15) is 11.2 Å². The molecule has 4 aromatic rings. The molecular formula is C30H26F3N3O6S. The van der Waals surface area contributed by atoms with Crippen molar-refractivity contribution in [1.82, 2.24) is 10.3 Å². The van der Waals surface area contributed by atoms with E-state index >= 15 is 0 Å². The lowest BCUT2D eigenvalue weighted by atomic mass is 9.69. The lowest BCUT2D eigenvalue weighted by molar-refractivity contribution is -0.173. The van der Waals surface area contributed by atoms with E-state index in [1.807, 2.05) is 5.32 Å². The third-order valence-corrected chi connectivity index (χ3v) is 9.41. The number of hydrogen-bond donors (Lipinski definition) is 1. The molecule has 43 heavy (non-hydrogen) atoms. The Morgan fingerprint density at radius 1 is 0.977 bits per heavy atom. The van der Waals surface area contributed by atoms with Crippen LogP contribution in [0.5, 0.6) is 5.75 Å². The molecule has 3 aromatic carbocycles. The van der Waals surface area contributed by atoms with Crippen molar-refractivity contribution in [2.75, 3.05) is 31.6 Å². The number of halogens is 3. The smallest absolute Gasteiger partial charge is 0.471 e. The van der Waals surface area contributed by atoms with Gasteiger partial charge in [-0.05, 0) is 35.9 Å². The Kier molecular flexibility index (Phi) is 7.78. The summed E-state index contributed by atoms with van der Waals surface area (Å²) in [5.74, 6) is -3.93. The fourth-order valence-corrected chi connectivity index (χ4v) is 7.38. The highest BCUT2D eigenvalue weighted by molar-refractivity contribution is 7.93. The van der Waals surface area contributed by atoms with E-state index in [2.05, 4.69) is 4.98 Å². The number of nitrogens with zero attached hydrogens (tertiary/aromatic N) is 2. The van der Waals surface area contributed by atoms with Crippen LogP contribution in [0.25, 0.3) is 10.8 Å². The second kappa shape index (κ2) is 11.2. The maximum absolute atomic E-state index is 14.5. The Morgan fingerprint density at radius 3 is 2.30 bits per heavy atom. The lowest BCUT2D eigenvalue weighted by Gasteiger charge is -2.35. The van der Waals surface area contributed by atoms with E-state index in [0.29, 0.717) is 16.5 Å². The number of hydrogen-bond acceptors (Lipinski definition) is 7. The van der Waals surface area contributed by atoms with Crippen molar-refractivity contribution in [3.8, 4) is 5.75 Å². The zero-order chi connectivity index (χ0) is 31.0. The molecule has 1 amide bonds. The van der Waals surface area contributed by atoms with E-state index in [0.717, 1.165) is 11.4 Å². The SMILES string of the molecule is COC(=O)C1(C(CNC(=O)C(F)(F)F)c2ccccn2)CN(S(=O)(=O)c2ccc(OC)c3ccccc23)c2ccccc21. The van der Waals surface area contributed by atoms with Crippen LogP contribution in [0.2, 0.25) is 0 Å². The number of alkyl halides is 3. The molecule has 5 rings (SSSR count). The van der Waals surface area contributed by atoms with Gasteiger partial charge in [-0.25, -0.2) is 8.42 Å². The number of ether oxygens (including phenoxy) is 2. The third kappa shape index (κ3) is 5.03. The zero-order valence-corrected chi connectivity index (χ0v) is 23.8. The first-order chi connectivity index (χ1) is 20.5. The number of amides is 1. The normalized spacial score (nSPS) is 17.3. The number of sulfonamides is 1. The summed E-state index contributed by atoms with van der Waals surface area (Å²) in [7, 11) is -1.84. The van der Waals surface area contributed by atoms with Gasteiger partial charge in [0.25, 0.3) is 10.0 Å². The van der Waals surface area contributed by atoms with Crippen LogP contribution < -0.4 is 14.4 Å². The van der Waals surface area contributed by atoms with Crippen molar-refractivity contribution < 1.29 is 40.7 Å². The van der Waals surface area contributed by atoms with Gasteiger partial charge in [-0.15, -0.1) is 0 Å². The van der Waals surface area contributed by atoms with Crippen LogP contribution in [-0.4, -0.2) is 58.8 Å². The van der Waals surface area contributed by atoms with E-state index < -0.39 is 52.5 Å². The molecule has 0 aliphatic carbocycles. The van der Waals surface area contributed by atoms with E-state index in [9.17, 15) is 31.2 Å². The molecule has 0 bridgehead atoms. The number of carbonyl (C=O) groups excluding carboxylic acids is 2. The van der Waals surface area contributed by atoms with Gasteiger partial charge in [-0.1, -0.05) is 48.5 Å². The number of rotatable bonds is 8. The maximum Gasteiger partial charge on any atom is 0.471 e. The Balaban J connectivity index is 1.72. The first-order valence-electron chi connectivity index (χ1n) is 13.0. The van der Waals surface area contributed by atoms with E-state index in [1.54, 1.807) is 48.5 Å². The zero-order valence-electron chi connectivity index (χ0n) is 23.0. The van der Waals surface area contributed by atoms with E-state index in [1.165, 1.54) is 43.6 Å². The number of esters is 1. The molecule has 0 fully saturated rings. The van der Waals surface area contributed by atoms with Crippen LogP contribution in [0.15, 0.2) is 90.0 Å². The lowest BCUT2D eigenvalue weighted by Crippen LogP contribution is -2.52.